The van der Waals surface area contributed by atoms with Crippen LogP contribution in [0.15, 0.2) is 18.2 Å². The quantitative estimate of drug-likeness (QED) is 0.271. The first-order chi connectivity index (χ1) is 15.0. The Morgan fingerprint density at radius 1 is 1.22 bits per heavy atom. The van der Waals surface area contributed by atoms with Crippen LogP contribution >= 0.6 is 12.8 Å². The Kier molecular flexibility index (Phi) is 7.19. The molecule has 0 radical (unpaired) electrons. The molecule has 1 aliphatic rings. The Hall–Kier alpha value is -2.13. The molecule has 2 aromatic rings. The van der Waals surface area contributed by atoms with Gasteiger partial charge in [0.25, 0.3) is 0 Å². The number of nitrogens with one attached hydrogen (secondary N) is 1. The monoisotopic (exact) mass is 473 g/mol. The van der Waals surface area contributed by atoms with E-state index in [4.69, 9.17) is 4.74 Å². The molecule has 1 N–H and O–H groups in total. The highest BCUT2D eigenvalue weighted by atomic mass is 32.1. The lowest BCUT2D eigenvalue weighted by molar-refractivity contribution is -0.143. The SMILES string of the molecule is CCOC(=O)C[C@H](NS)c1c(F)c(-c2c(C)ccc(C3CC3)c2C)cc(C(F)(F)F)c1F. The lowest BCUT2D eigenvalue weighted by Gasteiger charge is -2.23. The molecule has 174 valence electrons. The Balaban J connectivity index is 2.28. The van der Waals surface area contributed by atoms with Gasteiger partial charge in [-0.05, 0) is 67.9 Å². The van der Waals surface area contributed by atoms with Crippen LogP contribution in [0.5, 0.6) is 0 Å². The van der Waals surface area contributed by atoms with Crippen molar-refractivity contribution in [1.82, 2.24) is 4.72 Å². The molecule has 1 aliphatic carbocycles. The third-order valence-electron chi connectivity index (χ3n) is 5.72. The first kappa shape index (κ1) is 24.5. The molecule has 0 saturated heterocycles. The molecule has 1 fully saturated rings. The molecule has 3 rings (SSSR count). The summed E-state index contributed by atoms with van der Waals surface area (Å²) in [5, 5.41) is 0. The Morgan fingerprint density at radius 3 is 2.41 bits per heavy atom. The Labute approximate surface area is 188 Å². The van der Waals surface area contributed by atoms with Crippen LogP contribution in [0, 0.1) is 25.5 Å². The number of rotatable bonds is 7. The van der Waals surface area contributed by atoms with Crippen LogP contribution in [-0.4, -0.2) is 12.6 Å². The molecule has 0 aliphatic heterocycles. The number of aryl methyl sites for hydroxylation is 1. The number of hydrogen-bond acceptors (Lipinski definition) is 4. The highest BCUT2D eigenvalue weighted by Gasteiger charge is 2.39. The summed E-state index contributed by atoms with van der Waals surface area (Å²) in [6.45, 7) is 4.96. The van der Waals surface area contributed by atoms with Crippen molar-refractivity contribution in [2.24, 2.45) is 0 Å². The fraction of sp³-hybridized carbons (Fsp3) is 0.435. The molecular formula is C23H24F5NO2S. The van der Waals surface area contributed by atoms with Gasteiger partial charge in [0.15, 0.2) is 0 Å². The Bertz CT molecular complexity index is 1030. The maximum Gasteiger partial charge on any atom is 0.419 e. The van der Waals surface area contributed by atoms with E-state index in [1.54, 1.807) is 26.8 Å². The van der Waals surface area contributed by atoms with Gasteiger partial charge in [-0.15, -0.1) is 0 Å². The number of benzene rings is 2. The molecule has 2 aromatic carbocycles. The molecule has 0 bridgehead atoms. The number of alkyl halides is 3. The van der Waals surface area contributed by atoms with E-state index in [1.807, 2.05) is 6.07 Å². The number of ether oxygens (including phenoxy) is 1. The number of carbonyl (C=O) groups is 1. The predicted molar refractivity (Wildman–Crippen MR) is 114 cm³/mol. The van der Waals surface area contributed by atoms with Crippen molar-refractivity contribution in [2.45, 2.75) is 58.2 Å². The first-order valence-electron chi connectivity index (χ1n) is 10.3. The normalized spacial score (nSPS) is 15.0. The van der Waals surface area contributed by atoms with Crippen molar-refractivity contribution in [3.8, 4) is 11.1 Å². The van der Waals surface area contributed by atoms with E-state index in [1.165, 1.54) is 0 Å². The lowest BCUT2D eigenvalue weighted by atomic mass is 9.87. The van der Waals surface area contributed by atoms with Crippen molar-refractivity contribution in [1.29, 1.82) is 0 Å². The van der Waals surface area contributed by atoms with Gasteiger partial charge in [0.05, 0.1) is 24.6 Å². The summed E-state index contributed by atoms with van der Waals surface area (Å²) in [6.07, 6.45) is -3.74. The predicted octanol–water partition coefficient (Wildman–Crippen LogP) is 6.57. The van der Waals surface area contributed by atoms with Crippen LogP contribution < -0.4 is 4.72 Å². The summed E-state index contributed by atoms with van der Waals surface area (Å²) in [7, 11) is 0. The maximum atomic E-state index is 15.7. The third-order valence-corrected chi connectivity index (χ3v) is 6.03. The molecule has 0 spiro atoms. The molecule has 3 nitrogen and oxygen atoms in total. The van der Waals surface area contributed by atoms with E-state index in [0.717, 1.165) is 18.4 Å². The highest BCUT2D eigenvalue weighted by molar-refractivity contribution is 7.78. The lowest BCUT2D eigenvalue weighted by Crippen LogP contribution is -2.23. The summed E-state index contributed by atoms with van der Waals surface area (Å²) in [6, 6.07) is 2.68. The molecule has 9 heteroatoms. The van der Waals surface area contributed by atoms with Crippen LogP contribution in [0.4, 0.5) is 22.0 Å². The summed E-state index contributed by atoms with van der Waals surface area (Å²) in [4.78, 5) is 11.9. The second-order valence-corrected chi connectivity index (χ2v) is 8.21. The van der Waals surface area contributed by atoms with Crippen LogP contribution in [0.3, 0.4) is 0 Å². The van der Waals surface area contributed by atoms with Gasteiger partial charge in [-0.3, -0.25) is 9.52 Å². The van der Waals surface area contributed by atoms with E-state index < -0.39 is 47.4 Å². The number of halogens is 5. The zero-order valence-electron chi connectivity index (χ0n) is 17.9. The summed E-state index contributed by atoms with van der Waals surface area (Å²) in [5.41, 5.74) is -0.378. The van der Waals surface area contributed by atoms with Gasteiger partial charge in [-0.2, -0.15) is 13.2 Å². The minimum absolute atomic E-state index is 0.0171. The Morgan fingerprint density at radius 2 is 1.88 bits per heavy atom. The molecule has 0 aromatic heterocycles. The van der Waals surface area contributed by atoms with Gasteiger partial charge in [0.2, 0.25) is 0 Å². The summed E-state index contributed by atoms with van der Waals surface area (Å²) >= 11 is 3.81. The smallest absolute Gasteiger partial charge is 0.419 e. The molecule has 0 heterocycles. The van der Waals surface area contributed by atoms with Crippen molar-refractivity contribution < 1.29 is 31.5 Å². The molecule has 1 atom stereocenters. The van der Waals surface area contributed by atoms with E-state index in [2.05, 4.69) is 17.5 Å². The number of esters is 1. The molecular weight excluding hydrogens is 449 g/mol. The second kappa shape index (κ2) is 9.39. The fourth-order valence-corrected chi connectivity index (χ4v) is 4.29. The maximum absolute atomic E-state index is 15.7. The summed E-state index contributed by atoms with van der Waals surface area (Å²) < 4.78 is 79.0. The zero-order valence-corrected chi connectivity index (χ0v) is 18.8. The largest absolute Gasteiger partial charge is 0.466 e. The van der Waals surface area contributed by atoms with Crippen LogP contribution in [-0.2, 0) is 15.7 Å². The number of carbonyl (C=O) groups excluding carboxylic acids is 1. The van der Waals surface area contributed by atoms with E-state index >= 15 is 8.78 Å². The fourth-order valence-electron chi connectivity index (χ4n) is 4.06. The molecule has 32 heavy (non-hydrogen) atoms. The van der Waals surface area contributed by atoms with Gasteiger partial charge < -0.3 is 4.74 Å². The minimum Gasteiger partial charge on any atom is -0.466 e. The van der Waals surface area contributed by atoms with E-state index in [-0.39, 0.29) is 18.1 Å². The molecule has 0 unspecified atom stereocenters. The van der Waals surface area contributed by atoms with Crippen molar-refractivity contribution in [3.05, 3.63) is 57.7 Å². The van der Waals surface area contributed by atoms with Crippen LogP contribution in [0.1, 0.15) is 66.0 Å². The van der Waals surface area contributed by atoms with Gasteiger partial charge in [0.1, 0.15) is 11.6 Å². The minimum atomic E-state index is -5.07. The standard InChI is InChI=1S/C23H24F5NO2S/c1-4-31-18(30)10-17(29-32)20-21(24)15(9-16(22(20)25)23(26,27)28)19-11(2)5-8-14(12(19)3)13-6-7-13/h5,8-9,13,17,29,32H,4,6-7,10H2,1-3H3/t17-/m0/s1. The van der Waals surface area contributed by atoms with Crippen molar-refractivity contribution in [2.75, 3.05) is 6.61 Å². The van der Waals surface area contributed by atoms with E-state index in [0.29, 0.717) is 22.8 Å². The van der Waals surface area contributed by atoms with Crippen molar-refractivity contribution >= 4 is 18.8 Å². The average Bonchev–Trinajstić information content (AvgIpc) is 3.53. The van der Waals surface area contributed by atoms with Gasteiger partial charge >= 0.3 is 12.1 Å². The molecule has 0 amide bonds. The second-order valence-electron chi connectivity index (χ2n) is 7.95. The highest BCUT2D eigenvalue weighted by Crippen LogP contribution is 2.46. The van der Waals surface area contributed by atoms with Gasteiger partial charge in [-0.1, -0.05) is 24.9 Å². The van der Waals surface area contributed by atoms with Gasteiger partial charge in [-0.25, -0.2) is 8.78 Å². The third kappa shape index (κ3) is 4.78. The van der Waals surface area contributed by atoms with Crippen LogP contribution in [0.25, 0.3) is 11.1 Å². The first-order valence-corrected chi connectivity index (χ1v) is 10.7. The van der Waals surface area contributed by atoms with Gasteiger partial charge in [0, 0.05) is 11.1 Å². The topological polar surface area (TPSA) is 38.3 Å². The summed E-state index contributed by atoms with van der Waals surface area (Å²) in [5.74, 6) is -3.47. The molecule has 1 saturated carbocycles. The van der Waals surface area contributed by atoms with Crippen LogP contribution in [0.2, 0.25) is 0 Å². The number of thiol groups is 1. The van der Waals surface area contributed by atoms with E-state index in [9.17, 15) is 18.0 Å². The average molecular weight is 474 g/mol. The van der Waals surface area contributed by atoms with Crippen molar-refractivity contribution in [3.63, 3.8) is 0 Å². The zero-order chi connectivity index (χ0) is 23.8. The number of hydrogen-bond donors (Lipinski definition) is 2.